The van der Waals surface area contributed by atoms with E-state index in [0.717, 1.165) is 25.1 Å². The van der Waals surface area contributed by atoms with Crippen molar-refractivity contribution >= 4 is 21.5 Å². The Kier molecular flexibility index (Phi) is 5.21. The number of nitrogens with zero attached hydrogens (tertiary/aromatic N) is 1. The minimum atomic E-state index is -3.66. The van der Waals surface area contributed by atoms with Gasteiger partial charge in [0, 0.05) is 18.3 Å². The Morgan fingerprint density at radius 3 is 2.64 bits per heavy atom. The predicted octanol–water partition coefficient (Wildman–Crippen LogP) is 3.16. The summed E-state index contributed by atoms with van der Waals surface area (Å²) in [7, 11) is -3.66. The fraction of sp³-hybridized carbons (Fsp3) is 0.267. The van der Waals surface area contributed by atoms with Crippen LogP contribution in [0.5, 0.6) is 0 Å². The van der Waals surface area contributed by atoms with E-state index in [0.29, 0.717) is 5.76 Å². The van der Waals surface area contributed by atoms with E-state index in [1.54, 1.807) is 31.2 Å². The van der Waals surface area contributed by atoms with Crippen LogP contribution in [-0.2, 0) is 10.0 Å². The van der Waals surface area contributed by atoms with Crippen molar-refractivity contribution in [2.75, 3.05) is 16.6 Å². The summed E-state index contributed by atoms with van der Waals surface area (Å²) in [6, 6.07) is 8.08. The van der Waals surface area contributed by atoms with E-state index in [1.165, 1.54) is 6.07 Å². The second kappa shape index (κ2) is 7.13. The van der Waals surface area contributed by atoms with E-state index in [2.05, 4.69) is 21.8 Å². The molecule has 0 spiro atoms. The van der Waals surface area contributed by atoms with Crippen LogP contribution in [0.3, 0.4) is 0 Å². The van der Waals surface area contributed by atoms with Gasteiger partial charge >= 0.3 is 0 Å². The van der Waals surface area contributed by atoms with Gasteiger partial charge in [-0.2, -0.15) is 0 Å². The third kappa shape index (κ3) is 4.36. The quantitative estimate of drug-likeness (QED) is 0.576. The van der Waals surface area contributed by atoms with Crippen LogP contribution in [0.2, 0.25) is 0 Å². The summed E-state index contributed by atoms with van der Waals surface area (Å²) in [5, 5.41) is 6.84. The number of unbranched alkanes of at least 4 members (excludes halogenated alkanes) is 1. The van der Waals surface area contributed by atoms with Gasteiger partial charge in [0.1, 0.15) is 5.76 Å². The van der Waals surface area contributed by atoms with Gasteiger partial charge in [-0.05, 0) is 44.0 Å². The van der Waals surface area contributed by atoms with Gasteiger partial charge in [0.05, 0.1) is 4.90 Å². The van der Waals surface area contributed by atoms with Crippen LogP contribution < -0.4 is 10.0 Å². The Balaban J connectivity index is 2.00. The van der Waals surface area contributed by atoms with Crippen LogP contribution in [-0.4, -0.2) is 20.1 Å². The number of allylic oxidation sites excluding steroid dienone is 1. The van der Waals surface area contributed by atoms with Gasteiger partial charge in [-0.1, -0.05) is 11.2 Å². The molecule has 0 amide bonds. The fourth-order valence-corrected chi connectivity index (χ4v) is 2.83. The van der Waals surface area contributed by atoms with Crippen LogP contribution in [0.4, 0.5) is 11.5 Å². The summed E-state index contributed by atoms with van der Waals surface area (Å²) in [5.74, 6) is 0.709. The van der Waals surface area contributed by atoms with Crippen LogP contribution >= 0.6 is 0 Å². The minimum Gasteiger partial charge on any atom is -0.385 e. The van der Waals surface area contributed by atoms with E-state index in [9.17, 15) is 8.42 Å². The molecule has 1 aromatic carbocycles. The van der Waals surface area contributed by atoms with Gasteiger partial charge < -0.3 is 9.84 Å². The van der Waals surface area contributed by atoms with E-state index < -0.39 is 10.0 Å². The Labute approximate surface area is 130 Å². The lowest BCUT2D eigenvalue weighted by atomic mass is 10.3. The zero-order chi connectivity index (χ0) is 16.0. The molecule has 2 rings (SSSR count). The zero-order valence-electron chi connectivity index (χ0n) is 12.4. The molecule has 7 heteroatoms. The van der Waals surface area contributed by atoms with Crippen molar-refractivity contribution in [2.24, 2.45) is 0 Å². The molecule has 0 radical (unpaired) electrons. The van der Waals surface area contributed by atoms with Crippen LogP contribution in [0, 0.1) is 6.92 Å². The summed E-state index contributed by atoms with van der Waals surface area (Å²) < 4.78 is 31.6. The lowest BCUT2D eigenvalue weighted by Gasteiger charge is -2.08. The first-order valence-corrected chi connectivity index (χ1v) is 8.40. The normalized spacial score (nSPS) is 11.1. The molecule has 1 aromatic heterocycles. The van der Waals surface area contributed by atoms with Crippen LogP contribution in [0.1, 0.15) is 18.6 Å². The molecule has 0 saturated carbocycles. The van der Waals surface area contributed by atoms with Gasteiger partial charge in [0.25, 0.3) is 10.0 Å². The number of hydrogen-bond acceptors (Lipinski definition) is 5. The maximum absolute atomic E-state index is 12.2. The summed E-state index contributed by atoms with van der Waals surface area (Å²) in [6.07, 6.45) is 3.80. The lowest BCUT2D eigenvalue weighted by molar-refractivity contribution is 0.400. The van der Waals surface area contributed by atoms with Crippen molar-refractivity contribution in [1.29, 1.82) is 0 Å². The first-order chi connectivity index (χ1) is 10.5. The molecule has 0 atom stereocenters. The highest BCUT2D eigenvalue weighted by atomic mass is 32.2. The van der Waals surface area contributed by atoms with E-state index in [1.807, 2.05) is 6.08 Å². The maximum Gasteiger partial charge on any atom is 0.263 e. The average Bonchev–Trinajstić information content (AvgIpc) is 2.88. The van der Waals surface area contributed by atoms with Crippen molar-refractivity contribution in [3.63, 3.8) is 0 Å². The number of sulfonamides is 1. The number of benzene rings is 1. The lowest BCUT2D eigenvalue weighted by Crippen LogP contribution is -2.13. The Morgan fingerprint density at radius 1 is 1.32 bits per heavy atom. The molecule has 0 unspecified atom stereocenters. The zero-order valence-corrected chi connectivity index (χ0v) is 13.2. The molecular formula is C15H19N3O3S. The predicted molar refractivity (Wildman–Crippen MR) is 86.4 cm³/mol. The molecule has 0 saturated heterocycles. The number of aromatic nitrogens is 1. The van der Waals surface area contributed by atoms with Crippen LogP contribution in [0.25, 0.3) is 0 Å². The third-order valence-corrected chi connectivity index (χ3v) is 4.32. The molecule has 0 aliphatic carbocycles. The molecule has 6 nitrogen and oxygen atoms in total. The fourth-order valence-electron chi connectivity index (χ4n) is 1.84. The first-order valence-electron chi connectivity index (χ1n) is 6.92. The van der Waals surface area contributed by atoms with Gasteiger partial charge in [0.2, 0.25) is 0 Å². The second-order valence-electron chi connectivity index (χ2n) is 4.81. The van der Waals surface area contributed by atoms with Gasteiger partial charge in [-0.15, -0.1) is 6.58 Å². The third-order valence-electron chi connectivity index (χ3n) is 2.95. The molecular weight excluding hydrogens is 302 g/mol. The van der Waals surface area contributed by atoms with Crippen molar-refractivity contribution in [1.82, 2.24) is 5.16 Å². The average molecular weight is 321 g/mol. The van der Waals surface area contributed by atoms with E-state index in [4.69, 9.17) is 4.52 Å². The van der Waals surface area contributed by atoms with Gasteiger partial charge in [-0.3, -0.25) is 4.72 Å². The number of rotatable bonds is 8. The summed E-state index contributed by atoms with van der Waals surface area (Å²) in [6.45, 7) is 6.17. The number of hydrogen-bond donors (Lipinski definition) is 2. The topological polar surface area (TPSA) is 84.2 Å². The maximum atomic E-state index is 12.2. The Hall–Kier alpha value is -2.28. The van der Waals surface area contributed by atoms with Crippen molar-refractivity contribution in [2.45, 2.75) is 24.7 Å². The molecule has 0 aliphatic heterocycles. The van der Waals surface area contributed by atoms with Gasteiger partial charge in [0.15, 0.2) is 5.82 Å². The monoisotopic (exact) mass is 321 g/mol. The molecule has 2 N–H and O–H groups in total. The van der Waals surface area contributed by atoms with Crippen molar-refractivity contribution < 1.29 is 12.9 Å². The van der Waals surface area contributed by atoms with Crippen molar-refractivity contribution in [3.05, 3.63) is 48.7 Å². The standard InChI is InChI=1S/C15H19N3O3S/c1-3-4-5-10-16-13-6-8-14(9-7-13)22(19,20)18-15-11-12(2)21-17-15/h3,6-9,11,16H,1,4-5,10H2,2H3,(H,17,18). The number of anilines is 2. The minimum absolute atomic E-state index is 0.170. The second-order valence-corrected chi connectivity index (χ2v) is 6.49. The van der Waals surface area contributed by atoms with Gasteiger partial charge in [-0.25, -0.2) is 8.42 Å². The number of nitrogens with one attached hydrogen (secondary N) is 2. The molecule has 22 heavy (non-hydrogen) atoms. The number of aryl methyl sites for hydroxylation is 1. The van der Waals surface area contributed by atoms with Crippen molar-refractivity contribution in [3.8, 4) is 0 Å². The summed E-state index contributed by atoms with van der Waals surface area (Å²) >= 11 is 0. The Morgan fingerprint density at radius 2 is 2.05 bits per heavy atom. The Bertz CT molecular complexity index is 721. The summed E-state index contributed by atoms with van der Waals surface area (Å²) in [4.78, 5) is 0.171. The van der Waals surface area contributed by atoms with E-state index >= 15 is 0 Å². The van der Waals surface area contributed by atoms with Crippen LogP contribution in [0.15, 0.2) is 52.4 Å². The highest BCUT2D eigenvalue weighted by Gasteiger charge is 2.15. The highest BCUT2D eigenvalue weighted by molar-refractivity contribution is 7.92. The highest BCUT2D eigenvalue weighted by Crippen LogP contribution is 2.18. The largest absolute Gasteiger partial charge is 0.385 e. The summed E-state index contributed by atoms with van der Waals surface area (Å²) in [5.41, 5.74) is 0.875. The molecule has 118 valence electrons. The SMILES string of the molecule is C=CCCCNc1ccc(S(=O)(=O)Nc2cc(C)on2)cc1. The van der Waals surface area contributed by atoms with E-state index in [-0.39, 0.29) is 10.7 Å². The molecule has 0 bridgehead atoms. The molecule has 0 aliphatic rings. The first kappa shape index (κ1) is 16.1. The smallest absolute Gasteiger partial charge is 0.263 e. The molecule has 2 aromatic rings. The molecule has 1 heterocycles. The molecule has 0 fully saturated rings.